The molecule has 0 radical (unpaired) electrons. The van der Waals surface area contributed by atoms with E-state index in [0.29, 0.717) is 86.0 Å². The molecule has 3 N–H and O–H groups in total. The predicted molar refractivity (Wildman–Crippen MR) is 290 cm³/mol. The van der Waals surface area contributed by atoms with Gasteiger partial charge in [-0.25, -0.2) is 9.78 Å². The first-order valence-electron chi connectivity index (χ1n) is 24.6. The molecular formula is C52H73BN4O12S2Si. The molecule has 0 bridgehead atoms. The molecular weight excluding hydrogens is 976 g/mol. The Hall–Kier alpha value is -5.02. The highest BCUT2D eigenvalue weighted by atomic mass is 33.1. The predicted octanol–water partition coefficient (Wildman–Crippen LogP) is 12.5. The lowest BCUT2D eigenvalue weighted by Gasteiger charge is -2.37. The number of benzene rings is 2. The van der Waals surface area contributed by atoms with E-state index in [1.807, 2.05) is 6.92 Å². The van der Waals surface area contributed by atoms with Crippen molar-refractivity contribution in [3.05, 3.63) is 88.1 Å². The maximum Gasteiger partial charge on any atom is 0.411 e. The largest absolute Gasteiger partial charge is 0.493 e. The van der Waals surface area contributed by atoms with Crippen LogP contribution in [0.15, 0.2) is 71.9 Å². The van der Waals surface area contributed by atoms with Crippen LogP contribution in [0.25, 0.3) is 0 Å². The van der Waals surface area contributed by atoms with Gasteiger partial charge in [0.25, 0.3) is 0 Å². The van der Waals surface area contributed by atoms with E-state index < -0.39 is 32.3 Å². The number of ether oxygens (including phenoxy) is 5. The Bertz CT molecular complexity index is 2440. The molecule has 20 heteroatoms. The number of carbonyl (C=O) groups is 3. The second-order valence-corrected chi connectivity index (χ2v) is 27.7. The maximum absolute atomic E-state index is 14.7. The normalized spacial score (nSPS) is 18.3. The standard InChI is InChI=1S/C52H73BN4O12S2Si/c1-13-35-22-32(2)24-37(35)48(58)40-27-45(65-10)47(29-42(40)56-53(8)61)67-21-16-14-15-20-66-46-28-41(55-51(60)68-30-34(4)70-71-50-43(57(62)63)18-17-19-54-50)39(26-44(46)64-9)49(59)38-25-33(3)23-36(38)31-69-72(11,12)52(5,6)7/h17-19,26-29,34-38,56,61H,2-3,13-16,20-25,30-31H2,1,4-12H3,(H,55,60)/t34-,35-,36+,37?,38?/m1/s1. The van der Waals surface area contributed by atoms with Crippen LogP contribution in [0.4, 0.5) is 21.9 Å². The van der Waals surface area contributed by atoms with E-state index in [1.165, 1.54) is 43.3 Å². The first kappa shape index (κ1) is 57.9. The number of allylic oxidation sites excluding steroid dienone is 2. The molecule has 2 fully saturated rings. The lowest BCUT2D eigenvalue weighted by molar-refractivity contribution is -0.388. The van der Waals surface area contributed by atoms with Crippen molar-refractivity contribution in [2.75, 3.05) is 51.2 Å². The molecule has 72 heavy (non-hydrogen) atoms. The van der Waals surface area contributed by atoms with Crippen LogP contribution < -0.4 is 29.5 Å². The number of rotatable bonds is 27. The summed E-state index contributed by atoms with van der Waals surface area (Å²) in [6.45, 7) is 25.8. The Morgan fingerprint density at radius 3 is 2.00 bits per heavy atom. The Kier molecular flexibility index (Phi) is 21.1. The molecule has 5 atom stereocenters. The minimum atomic E-state index is -2.13. The van der Waals surface area contributed by atoms with Crippen LogP contribution in [0.5, 0.6) is 23.0 Å². The zero-order chi connectivity index (χ0) is 52.9. The van der Waals surface area contributed by atoms with E-state index in [9.17, 15) is 29.5 Å². The number of methoxy groups -OCH3 is 2. The SMILES string of the molecule is C=C1CC(C(=O)c2cc(OC)c(OCCCCCOc3cc(NC(=O)OC[C@@H](C)SSc4ncccc4[N+](=O)[O-])c(C(=O)C4CC(=C)C[C@H]4CO[Si](C)(C)C(C)(C)C)cc3OC)cc2NB(C)O)[C@H](CC)C1. The third-order valence-electron chi connectivity index (χ3n) is 13.7. The zero-order valence-electron chi connectivity index (χ0n) is 43.6. The number of nitrogens with one attached hydrogen (secondary N) is 2. The van der Waals surface area contributed by atoms with Crippen LogP contribution in [-0.2, 0) is 9.16 Å². The summed E-state index contributed by atoms with van der Waals surface area (Å²) in [5.41, 5.74) is 3.26. The molecule has 16 nitrogen and oxygen atoms in total. The minimum Gasteiger partial charge on any atom is -0.493 e. The number of anilines is 2. The number of ketones is 2. The number of Topliss-reactive ketones (excluding diaryl/α,β-unsaturated/α-hetero) is 2. The monoisotopic (exact) mass is 1050 g/mol. The second-order valence-electron chi connectivity index (χ2n) is 20.2. The third-order valence-corrected chi connectivity index (χ3v) is 20.9. The van der Waals surface area contributed by atoms with Crippen molar-refractivity contribution in [1.82, 2.24) is 4.98 Å². The van der Waals surface area contributed by atoms with E-state index in [2.05, 4.69) is 69.5 Å². The quantitative estimate of drug-likeness (QED) is 0.0123. The van der Waals surface area contributed by atoms with Gasteiger partial charge in [-0.05, 0) is 118 Å². The summed E-state index contributed by atoms with van der Waals surface area (Å²) in [6, 6.07) is 9.46. The van der Waals surface area contributed by atoms with Gasteiger partial charge in [0, 0.05) is 64.9 Å². The van der Waals surface area contributed by atoms with Crippen LogP contribution in [0.2, 0.25) is 25.0 Å². The Morgan fingerprint density at radius 1 is 0.903 bits per heavy atom. The van der Waals surface area contributed by atoms with Crippen molar-refractivity contribution in [1.29, 1.82) is 0 Å². The molecule has 2 aliphatic rings. The van der Waals surface area contributed by atoms with Gasteiger partial charge in [-0.2, -0.15) is 0 Å². The summed E-state index contributed by atoms with van der Waals surface area (Å²) in [7, 11) is 2.37. The molecule has 2 aromatic carbocycles. The number of nitrogens with zero attached hydrogens (tertiary/aromatic N) is 2. The number of nitro groups is 1. The molecule has 3 aromatic rings. The van der Waals surface area contributed by atoms with Crippen LogP contribution >= 0.6 is 21.6 Å². The molecule has 2 aliphatic carbocycles. The van der Waals surface area contributed by atoms with Gasteiger partial charge in [0.1, 0.15) is 6.61 Å². The van der Waals surface area contributed by atoms with Crippen molar-refractivity contribution < 1.29 is 52.4 Å². The number of hydrogen-bond donors (Lipinski definition) is 3. The van der Waals surface area contributed by atoms with Crippen LogP contribution in [-0.4, -0.2) is 93.9 Å². The van der Waals surface area contributed by atoms with E-state index in [1.54, 1.807) is 31.1 Å². The minimum absolute atomic E-state index is 0.0140. The van der Waals surface area contributed by atoms with Gasteiger partial charge >= 0.3 is 18.8 Å². The number of unbranched alkanes of at least 4 members (excludes halogenated alkanes) is 2. The average Bonchev–Trinajstić information content (AvgIpc) is 3.91. The van der Waals surface area contributed by atoms with Crippen molar-refractivity contribution in [2.45, 2.75) is 121 Å². The molecule has 2 saturated carbocycles. The molecule has 0 spiro atoms. The van der Waals surface area contributed by atoms with Gasteiger partial charge in [-0.1, -0.05) is 69.2 Å². The zero-order valence-corrected chi connectivity index (χ0v) is 46.2. The van der Waals surface area contributed by atoms with E-state index in [-0.39, 0.29) is 74.8 Å². The van der Waals surface area contributed by atoms with E-state index in [4.69, 9.17) is 28.1 Å². The van der Waals surface area contributed by atoms with Gasteiger partial charge in [-0.15, -0.1) is 0 Å². The molecule has 392 valence electrons. The Morgan fingerprint density at radius 2 is 1.46 bits per heavy atom. The second kappa shape index (κ2) is 26.3. The fourth-order valence-corrected chi connectivity index (χ4v) is 11.7. The summed E-state index contributed by atoms with van der Waals surface area (Å²) < 4.78 is 36.2. The fourth-order valence-electron chi connectivity index (χ4n) is 8.64. The lowest BCUT2D eigenvalue weighted by Crippen LogP contribution is -2.42. The lowest BCUT2D eigenvalue weighted by atomic mass is 9.84. The first-order chi connectivity index (χ1) is 34.1. The summed E-state index contributed by atoms with van der Waals surface area (Å²) >= 11 is 0. The molecule has 1 heterocycles. The van der Waals surface area contributed by atoms with Gasteiger partial charge < -0.3 is 38.4 Å². The number of hydrogen-bond acceptors (Lipinski definition) is 16. The molecule has 2 unspecified atom stereocenters. The third kappa shape index (κ3) is 15.5. The van der Waals surface area contributed by atoms with Gasteiger partial charge in [-0.3, -0.25) is 25.0 Å². The Balaban J connectivity index is 1.27. The van der Waals surface area contributed by atoms with Crippen molar-refractivity contribution in [3.63, 3.8) is 0 Å². The number of carbonyl (C=O) groups excluding carboxylic acids is 3. The first-order valence-corrected chi connectivity index (χ1v) is 29.8. The topological polar surface area (TPSA) is 207 Å². The molecule has 1 aromatic heterocycles. The number of pyridine rings is 1. The Labute approximate surface area is 434 Å². The summed E-state index contributed by atoms with van der Waals surface area (Å²) in [6.07, 6.45) is 6.12. The summed E-state index contributed by atoms with van der Waals surface area (Å²) in [5.74, 6) is 0.741. The van der Waals surface area contributed by atoms with Crippen LogP contribution in [0.1, 0.15) is 107 Å². The highest BCUT2D eigenvalue weighted by Gasteiger charge is 2.42. The summed E-state index contributed by atoms with van der Waals surface area (Å²) in [5, 5.41) is 27.5. The molecule has 1 amide bonds. The van der Waals surface area contributed by atoms with Crippen LogP contribution in [0, 0.1) is 33.8 Å². The molecule has 5 rings (SSSR count). The van der Waals surface area contributed by atoms with Gasteiger partial charge in [0.05, 0.1) is 38.0 Å². The van der Waals surface area contributed by atoms with Gasteiger partial charge in [0.2, 0.25) is 0 Å². The van der Waals surface area contributed by atoms with E-state index in [0.717, 1.165) is 34.8 Å². The smallest absolute Gasteiger partial charge is 0.411 e. The highest BCUT2D eigenvalue weighted by molar-refractivity contribution is 8.77. The van der Waals surface area contributed by atoms with E-state index >= 15 is 0 Å². The number of aromatic nitrogens is 1. The van der Waals surface area contributed by atoms with Crippen molar-refractivity contribution in [3.8, 4) is 23.0 Å². The number of amides is 1. The molecule has 0 saturated heterocycles. The highest BCUT2D eigenvalue weighted by Crippen LogP contribution is 2.45. The van der Waals surface area contributed by atoms with Crippen molar-refractivity contribution >= 4 is 71.7 Å². The fraction of sp³-hybridized carbons (Fsp3) is 0.538. The van der Waals surface area contributed by atoms with Crippen LogP contribution in [0.3, 0.4) is 0 Å². The summed E-state index contributed by atoms with van der Waals surface area (Å²) in [4.78, 5) is 57.2. The molecule has 0 aliphatic heterocycles. The van der Waals surface area contributed by atoms with Gasteiger partial charge in [0.15, 0.2) is 47.9 Å². The maximum atomic E-state index is 14.7. The average molecular weight is 1050 g/mol. The van der Waals surface area contributed by atoms with Crippen molar-refractivity contribution in [2.24, 2.45) is 23.7 Å².